The molecule has 0 aromatic heterocycles. The van der Waals surface area contributed by atoms with Gasteiger partial charge in [0.1, 0.15) is 11.3 Å². The molecule has 8 nitrogen and oxygen atoms in total. The Morgan fingerprint density at radius 3 is 2.47 bits per heavy atom. The van der Waals surface area contributed by atoms with E-state index in [2.05, 4.69) is 15.2 Å². The molecule has 3 aromatic carbocycles. The second-order valence-electron chi connectivity index (χ2n) is 6.65. The number of rotatable bonds is 3. The minimum atomic E-state index is -0.783. The van der Waals surface area contributed by atoms with Gasteiger partial charge in [-0.2, -0.15) is 0 Å². The molecule has 8 heteroatoms. The summed E-state index contributed by atoms with van der Waals surface area (Å²) in [4.78, 5) is 31.2. The van der Waals surface area contributed by atoms with E-state index in [9.17, 15) is 14.9 Å². The maximum absolute atomic E-state index is 12.6. The first-order valence-corrected chi connectivity index (χ1v) is 9.12. The van der Waals surface area contributed by atoms with Gasteiger partial charge < -0.3 is 4.98 Å². The molecule has 0 fully saturated rings. The van der Waals surface area contributed by atoms with Crippen LogP contribution in [0.5, 0.6) is 0 Å². The molecule has 2 aliphatic rings. The normalized spacial score (nSPS) is 11.6. The molecule has 0 atom stereocenters. The summed E-state index contributed by atoms with van der Waals surface area (Å²) in [7, 11) is 0. The maximum Gasteiger partial charge on any atom is 0.302 e. The van der Waals surface area contributed by atoms with Crippen LogP contribution in [0, 0.1) is 10.1 Å². The number of H-pyrrole nitrogens is 1. The predicted octanol–water partition coefficient (Wildman–Crippen LogP) is 5.65. The zero-order valence-corrected chi connectivity index (χ0v) is 15.4. The molecule has 1 aliphatic carbocycles. The lowest BCUT2D eigenvalue weighted by Crippen LogP contribution is -2.00. The fraction of sp³-hybridized carbons (Fsp3) is 0. The number of hydrogen-bond donors (Lipinski definition) is 1. The quantitative estimate of drug-likeness (QED) is 0.241. The van der Waals surface area contributed by atoms with Gasteiger partial charge in [0.15, 0.2) is 0 Å². The summed E-state index contributed by atoms with van der Waals surface area (Å²) in [6.45, 7) is 0. The Morgan fingerprint density at radius 1 is 0.933 bits per heavy atom. The van der Waals surface area contributed by atoms with Gasteiger partial charge in [-0.15, -0.1) is 10.2 Å². The van der Waals surface area contributed by atoms with Crippen molar-refractivity contribution in [3.63, 3.8) is 0 Å². The molecule has 0 radical (unpaired) electrons. The van der Waals surface area contributed by atoms with E-state index >= 15 is 0 Å². The minimum absolute atomic E-state index is 0.112. The molecule has 0 spiro atoms. The van der Waals surface area contributed by atoms with Gasteiger partial charge in [0.25, 0.3) is 5.69 Å². The second kappa shape index (κ2) is 6.85. The van der Waals surface area contributed by atoms with E-state index in [0.717, 1.165) is 27.5 Å². The van der Waals surface area contributed by atoms with Crippen LogP contribution in [-0.2, 0) is 0 Å². The number of amides is 1. The summed E-state index contributed by atoms with van der Waals surface area (Å²) in [5.74, 6) is -0.783. The van der Waals surface area contributed by atoms with Crippen LogP contribution in [0.1, 0.15) is 10.4 Å². The highest BCUT2D eigenvalue weighted by Crippen LogP contribution is 2.43. The van der Waals surface area contributed by atoms with Crippen LogP contribution < -0.4 is 0 Å². The molecular weight excluding hydrogens is 382 g/mol. The first kappa shape index (κ1) is 17.6. The van der Waals surface area contributed by atoms with E-state index in [1.807, 2.05) is 48.5 Å². The van der Waals surface area contributed by atoms with Crippen molar-refractivity contribution < 1.29 is 9.72 Å². The number of hydrogen-bond acceptors (Lipinski definition) is 5. The number of fused-ring (bicyclic) bond motifs is 4. The molecule has 0 saturated carbocycles. The smallest absolute Gasteiger partial charge is 0.302 e. The van der Waals surface area contributed by atoms with Crippen LogP contribution >= 0.6 is 0 Å². The number of nitro benzene ring substituents is 1. The van der Waals surface area contributed by atoms with Crippen molar-refractivity contribution in [3.05, 3.63) is 88.5 Å². The third kappa shape index (κ3) is 2.78. The molecule has 3 aromatic rings. The van der Waals surface area contributed by atoms with Crippen LogP contribution in [0.4, 0.5) is 11.4 Å². The summed E-state index contributed by atoms with van der Waals surface area (Å²) in [5, 5.41) is 20.8. The van der Waals surface area contributed by atoms with Gasteiger partial charge in [-0.3, -0.25) is 14.9 Å². The van der Waals surface area contributed by atoms with E-state index in [1.54, 1.807) is 6.07 Å². The van der Waals surface area contributed by atoms with Gasteiger partial charge in [-0.25, -0.2) is 4.98 Å². The van der Waals surface area contributed by atoms with Crippen molar-refractivity contribution in [2.24, 2.45) is 10.2 Å². The van der Waals surface area contributed by atoms with Crippen LogP contribution in [0.2, 0.25) is 0 Å². The van der Waals surface area contributed by atoms with Gasteiger partial charge in [-0.1, -0.05) is 48.5 Å². The summed E-state index contributed by atoms with van der Waals surface area (Å²) < 4.78 is 0. The molecule has 1 amide bonds. The number of carbonyl (C=O) groups excluding carboxylic acids is 1. The Morgan fingerprint density at radius 2 is 1.63 bits per heavy atom. The molecule has 5 rings (SSSR count). The topological polar surface area (TPSA) is 114 Å². The Labute approximate surface area is 169 Å². The fourth-order valence-electron chi connectivity index (χ4n) is 3.51. The fourth-order valence-corrected chi connectivity index (χ4v) is 3.51. The number of aromatic nitrogens is 2. The van der Waals surface area contributed by atoms with E-state index in [1.165, 1.54) is 18.2 Å². The van der Waals surface area contributed by atoms with E-state index < -0.39 is 10.8 Å². The monoisotopic (exact) mass is 395 g/mol. The third-order valence-electron chi connectivity index (χ3n) is 4.88. The van der Waals surface area contributed by atoms with Crippen LogP contribution in [-0.4, -0.2) is 20.8 Å². The second-order valence-corrected chi connectivity index (χ2v) is 6.65. The van der Waals surface area contributed by atoms with Gasteiger partial charge in [0, 0.05) is 16.8 Å². The van der Waals surface area contributed by atoms with Crippen molar-refractivity contribution in [2.75, 3.05) is 0 Å². The molecule has 1 heterocycles. The van der Waals surface area contributed by atoms with E-state index in [0.29, 0.717) is 11.4 Å². The van der Waals surface area contributed by atoms with Crippen LogP contribution in [0.15, 0.2) is 83.0 Å². The largest absolute Gasteiger partial charge is 0.350 e. The average molecular weight is 395 g/mol. The molecule has 1 N–H and O–H groups in total. The number of nitro groups is 1. The summed E-state index contributed by atoms with van der Waals surface area (Å²) in [5.41, 5.74) is 3.04. The highest BCUT2D eigenvalue weighted by Gasteiger charge is 2.22. The number of para-hydroxylation sites is 3. The highest BCUT2D eigenvalue weighted by molar-refractivity contribution is 6.11. The highest BCUT2D eigenvalue weighted by atomic mass is 16.6. The molecule has 0 saturated heterocycles. The Hall–Kier alpha value is -4.46. The van der Waals surface area contributed by atoms with E-state index in [4.69, 9.17) is 4.98 Å². The predicted molar refractivity (Wildman–Crippen MR) is 112 cm³/mol. The SMILES string of the molecule is O=C(N=Nc1c2[nH]c3ccccc3nc-2c2ccccc12)c1ccccc1[N+](=O)[O-]. The van der Waals surface area contributed by atoms with Crippen LogP contribution in [0.3, 0.4) is 0 Å². The van der Waals surface area contributed by atoms with Gasteiger partial charge >= 0.3 is 5.91 Å². The van der Waals surface area contributed by atoms with Crippen molar-refractivity contribution in [3.8, 4) is 11.4 Å². The molecular formula is C22H13N5O3. The first-order valence-electron chi connectivity index (χ1n) is 9.12. The van der Waals surface area contributed by atoms with Crippen molar-refractivity contribution >= 4 is 39.1 Å². The molecule has 144 valence electrons. The number of nitrogens with zero attached hydrogens (tertiary/aromatic N) is 4. The standard InChI is InChI=1S/C22H13N5O3/c28-22(15-9-3-6-12-18(15)27(29)30)26-25-20-14-8-2-1-7-13(14)19-21(20)24-17-11-5-4-10-16(17)23-19/h1-12,24H. The number of aromatic amines is 1. The van der Waals surface area contributed by atoms with Crippen molar-refractivity contribution in [1.82, 2.24) is 9.97 Å². The zero-order chi connectivity index (χ0) is 20.7. The number of nitrogens with one attached hydrogen (secondary N) is 1. The number of carbonyl (C=O) groups is 1. The van der Waals surface area contributed by atoms with Crippen molar-refractivity contribution in [1.29, 1.82) is 0 Å². The number of benzene rings is 3. The average Bonchev–Trinajstić information content (AvgIpc) is 3.08. The van der Waals surface area contributed by atoms with Crippen molar-refractivity contribution in [2.45, 2.75) is 0 Å². The molecule has 1 aliphatic heterocycles. The Kier molecular flexibility index (Phi) is 4.03. The Balaban J connectivity index is 1.68. The minimum Gasteiger partial charge on any atom is -0.350 e. The van der Waals surface area contributed by atoms with Gasteiger partial charge in [0.05, 0.1) is 27.3 Å². The summed E-state index contributed by atoms with van der Waals surface area (Å²) in [6, 6.07) is 20.9. The maximum atomic E-state index is 12.6. The summed E-state index contributed by atoms with van der Waals surface area (Å²) in [6.07, 6.45) is 0. The first-order chi connectivity index (χ1) is 14.6. The lowest BCUT2D eigenvalue weighted by molar-refractivity contribution is -0.385. The van der Waals surface area contributed by atoms with Gasteiger partial charge in [0.2, 0.25) is 0 Å². The van der Waals surface area contributed by atoms with Gasteiger partial charge in [-0.05, 0) is 18.2 Å². The third-order valence-corrected chi connectivity index (χ3v) is 4.88. The lowest BCUT2D eigenvalue weighted by Gasteiger charge is -2.04. The van der Waals surface area contributed by atoms with E-state index in [-0.39, 0.29) is 11.3 Å². The van der Waals surface area contributed by atoms with Crippen LogP contribution in [0.25, 0.3) is 33.2 Å². The summed E-state index contributed by atoms with van der Waals surface area (Å²) >= 11 is 0. The number of azo groups is 1. The lowest BCUT2D eigenvalue weighted by atomic mass is 10.2. The zero-order valence-electron chi connectivity index (χ0n) is 15.4. The molecule has 0 unspecified atom stereocenters. The molecule has 30 heavy (non-hydrogen) atoms. The molecule has 0 bridgehead atoms. The Bertz CT molecular complexity index is 1450.